The van der Waals surface area contributed by atoms with Gasteiger partial charge in [0.1, 0.15) is 0 Å². The van der Waals surface area contributed by atoms with Crippen molar-refractivity contribution in [3.05, 3.63) is 0 Å². The van der Waals surface area contributed by atoms with Crippen LogP contribution in [0.2, 0.25) is 0 Å². The van der Waals surface area contributed by atoms with E-state index in [0.29, 0.717) is 0 Å². The van der Waals surface area contributed by atoms with E-state index in [1.807, 2.05) is 0 Å². The first-order valence-electron chi connectivity index (χ1n) is 7.68. The fraction of sp³-hybridized carbons (Fsp3) is 1.00. The number of hydrogen-bond acceptors (Lipinski definition) is 2. The quantitative estimate of drug-likeness (QED) is 0.733. The molecule has 2 aliphatic rings. The van der Waals surface area contributed by atoms with E-state index < -0.39 is 0 Å². The van der Waals surface area contributed by atoms with Crippen LogP contribution in [0.15, 0.2) is 0 Å². The van der Waals surface area contributed by atoms with Gasteiger partial charge in [-0.15, -0.1) is 0 Å². The van der Waals surface area contributed by atoms with Gasteiger partial charge in [0.25, 0.3) is 0 Å². The molecule has 2 unspecified atom stereocenters. The summed E-state index contributed by atoms with van der Waals surface area (Å²) in [5, 5.41) is 3.72. The molecule has 0 aromatic heterocycles. The van der Waals surface area contributed by atoms with Crippen LogP contribution in [0.3, 0.4) is 0 Å². The van der Waals surface area contributed by atoms with Crippen LogP contribution in [0.5, 0.6) is 0 Å². The van der Waals surface area contributed by atoms with Gasteiger partial charge in [0.2, 0.25) is 0 Å². The first-order valence-corrected chi connectivity index (χ1v) is 7.68. The third-order valence-corrected chi connectivity index (χ3v) is 4.45. The van der Waals surface area contributed by atoms with Crippen molar-refractivity contribution in [2.24, 2.45) is 11.8 Å². The third-order valence-electron chi connectivity index (χ3n) is 4.45. The summed E-state index contributed by atoms with van der Waals surface area (Å²) in [6, 6.07) is 1.61. The van der Waals surface area contributed by atoms with Gasteiger partial charge in [-0.25, -0.2) is 0 Å². The molecule has 1 heterocycles. The fourth-order valence-electron chi connectivity index (χ4n) is 3.17. The number of nitrogens with one attached hydrogen (secondary N) is 1. The van der Waals surface area contributed by atoms with Crippen molar-refractivity contribution in [3.8, 4) is 0 Å². The molecule has 1 saturated carbocycles. The second kappa shape index (κ2) is 6.19. The molecular formula is C15H30N2. The third kappa shape index (κ3) is 3.96. The van der Waals surface area contributed by atoms with Crippen molar-refractivity contribution >= 4 is 0 Å². The van der Waals surface area contributed by atoms with Gasteiger partial charge in [-0.05, 0) is 44.1 Å². The largest absolute Gasteiger partial charge is 0.312 e. The summed E-state index contributed by atoms with van der Waals surface area (Å²) in [4.78, 5) is 2.75. The maximum absolute atomic E-state index is 3.72. The van der Waals surface area contributed by atoms with Crippen molar-refractivity contribution in [1.29, 1.82) is 0 Å². The Hall–Kier alpha value is -0.0800. The summed E-state index contributed by atoms with van der Waals surface area (Å²) in [6.07, 6.45) is 7.02. The molecule has 0 aromatic carbocycles. The first-order chi connectivity index (χ1) is 8.20. The van der Waals surface area contributed by atoms with Gasteiger partial charge in [-0.1, -0.05) is 27.2 Å². The van der Waals surface area contributed by atoms with Crippen molar-refractivity contribution in [2.45, 2.75) is 65.0 Å². The molecular weight excluding hydrogens is 208 g/mol. The Bertz CT molecular complexity index is 223. The molecule has 2 heteroatoms. The summed E-state index contributed by atoms with van der Waals surface area (Å²) in [7, 11) is 0. The normalized spacial score (nSPS) is 27.9. The summed E-state index contributed by atoms with van der Waals surface area (Å²) >= 11 is 0. The van der Waals surface area contributed by atoms with E-state index >= 15 is 0 Å². The van der Waals surface area contributed by atoms with Crippen molar-refractivity contribution in [1.82, 2.24) is 10.2 Å². The molecule has 0 bridgehead atoms. The zero-order valence-electron chi connectivity index (χ0n) is 11.9. The summed E-state index contributed by atoms with van der Waals surface area (Å²) in [6.45, 7) is 11.0. The molecule has 2 atom stereocenters. The van der Waals surface area contributed by atoms with Crippen molar-refractivity contribution in [2.75, 3.05) is 19.6 Å². The van der Waals surface area contributed by atoms with Crippen LogP contribution in [0.1, 0.15) is 52.9 Å². The van der Waals surface area contributed by atoms with Crippen molar-refractivity contribution in [3.63, 3.8) is 0 Å². The lowest BCUT2D eigenvalue weighted by Gasteiger charge is -2.31. The lowest BCUT2D eigenvalue weighted by Crippen LogP contribution is -2.45. The van der Waals surface area contributed by atoms with Crippen molar-refractivity contribution < 1.29 is 0 Å². The number of likely N-dealkylation sites (tertiary alicyclic amines) is 1. The second-order valence-corrected chi connectivity index (χ2v) is 6.43. The van der Waals surface area contributed by atoms with E-state index in [-0.39, 0.29) is 0 Å². The van der Waals surface area contributed by atoms with Gasteiger partial charge in [0.15, 0.2) is 0 Å². The van der Waals surface area contributed by atoms with Gasteiger partial charge in [0.05, 0.1) is 0 Å². The van der Waals surface area contributed by atoms with E-state index in [9.17, 15) is 0 Å². The molecule has 2 fully saturated rings. The predicted molar refractivity (Wildman–Crippen MR) is 74.2 cm³/mol. The Labute approximate surface area is 107 Å². The Balaban J connectivity index is 1.78. The Kier molecular flexibility index (Phi) is 4.87. The molecule has 1 aliphatic heterocycles. The smallest absolute Gasteiger partial charge is 0.0243 e. The predicted octanol–water partition coefficient (Wildman–Crippen LogP) is 2.89. The lowest BCUT2D eigenvalue weighted by molar-refractivity contribution is 0.179. The van der Waals surface area contributed by atoms with Gasteiger partial charge in [-0.3, -0.25) is 4.90 Å². The van der Waals surface area contributed by atoms with Crippen LogP contribution < -0.4 is 5.32 Å². The molecule has 0 aromatic rings. The topological polar surface area (TPSA) is 15.3 Å². The minimum atomic E-state index is 0.762. The Morgan fingerprint density at radius 1 is 1.24 bits per heavy atom. The molecule has 0 spiro atoms. The number of rotatable bonds is 7. The number of nitrogens with zero attached hydrogens (tertiary/aromatic N) is 1. The molecule has 2 rings (SSSR count). The highest BCUT2D eigenvalue weighted by atomic mass is 15.2. The maximum Gasteiger partial charge on any atom is 0.0243 e. The van der Waals surface area contributed by atoms with E-state index in [1.165, 1.54) is 51.7 Å². The van der Waals surface area contributed by atoms with Crippen LogP contribution >= 0.6 is 0 Å². The van der Waals surface area contributed by atoms with Crippen LogP contribution in [0, 0.1) is 11.8 Å². The Morgan fingerprint density at radius 3 is 2.59 bits per heavy atom. The summed E-state index contributed by atoms with van der Waals surface area (Å²) in [5.74, 6) is 1.75. The Morgan fingerprint density at radius 2 is 2.00 bits per heavy atom. The maximum atomic E-state index is 3.72. The van der Waals surface area contributed by atoms with E-state index in [1.54, 1.807) is 0 Å². The standard InChI is InChI=1S/C15H30N2/c1-4-5-13-8-9-17(11-13)15(12(2)3)10-16-14-6-7-14/h12-16H,4-11H2,1-3H3. The molecule has 100 valence electrons. The van der Waals surface area contributed by atoms with Gasteiger partial charge in [0, 0.05) is 25.2 Å². The average molecular weight is 238 g/mol. The molecule has 17 heavy (non-hydrogen) atoms. The summed E-state index contributed by atoms with van der Waals surface area (Å²) < 4.78 is 0. The van der Waals surface area contributed by atoms with E-state index in [2.05, 4.69) is 31.0 Å². The molecule has 0 amide bonds. The molecule has 1 N–H and O–H groups in total. The molecule has 2 nitrogen and oxygen atoms in total. The highest BCUT2D eigenvalue weighted by Gasteiger charge is 2.30. The zero-order chi connectivity index (χ0) is 12.3. The second-order valence-electron chi connectivity index (χ2n) is 6.43. The lowest BCUT2D eigenvalue weighted by atomic mass is 10.0. The fourth-order valence-corrected chi connectivity index (χ4v) is 3.17. The molecule has 1 aliphatic carbocycles. The monoisotopic (exact) mass is 238 g/mol. The van der Waals surface area contributed by atoms with E-state index in [0.717, 1.165) is 23.9 Å². The highest BCUT2D eigenvalue weighted by Crippen LogP contribution is 2.26. The SMILES string of the molecule is CCCC1CCN(C(CNC2CC2)C(C)C)C1. The number of hydrogen-bond donors (Lipinski definition) is 1. The van der Waals surface area contributed by atoms with Crippen LogP contribution in [-0.2, 0) is 0 Å². The minimum Gasteiger partial charge on any atom is -0.312 e. The van der Waals surface area contributed by atoms with Gasteiger partial charge in [-0.2, -0.15) is 0 Å². The molecule has 1 saturated heterocycles. The zero-order valence-corrected chi connectivity index (χ0v) is 11.9. The van der Waals surface area contributed by atoms with Crippen LogP contribution in [0.4, 0.5) is 0 Å². The minimum absolute atomic E-state index is 0.762. The average Bonchev–Trinajstić information content (AvgIpc) is 2.99. The van der Waals surface area contributed by atoms with Crippen LogP contribution in [-0.4, -0.2) is 36.6 Å². The molecule has 0 radical (unpaired) electrons. The highest BCUT2D eigenvalue weighted by molar-refractivity contribution is 4.88. The van der Waals surface area contributed by atoms with Gasteiger partial charge < -0.3 is 5.32 Å². The van der Waals surface area contributed by atoms with Crippen LogP contribution in [0.25, 0.3) is 0 Å². The van der Waals surface area contributed by atoms with E-state index in [4.69, 9.17) is 0 Å². The first kappa shape index (κ1) is 13.4. The van der Waals surface area contributed by atoms with Gasteiger partial charge >= 0.3 is 0 Å². The summed E-state index contributed by atoms with van der Waals surface area (Å²) in [5.41, 5.74) is 0.